The molecule has 31 heavy (non-hydrogen) atoms. The molecule has 2 heterocycles. The first-order valence-corrected chi connectivity index (χ1v) is 12.5. The predicted molar refractivity (Wildman–Crippen MR) is 123 cm³/mol. The molecule has 9 heteroatoms. The Bertz CT molecular complexity index is 1190. The van der Waals surface area contributed by atoms with Gasteiger partial charge in [0.05, 0.1) is 20.8 Å². The third-order valence-electron chi connectivity index (χ3n) is 5.76. The van der Waals surface area contributed by atoms with E-state index in [4.69, 9.17) is 4.98 Å². The fourth-order valence-electron chi connectivity index (χ4n) is 4.05. The number of non-ortho nitro benzene ring substituents is 1. The van der Waals surface area contributed by atoms with Gasteiger partial charge in [0, 0.05) is 36.2 Å². The van der Waals surface area contributed by atoms with Crippen LogP contribution in [0.3, 0.4) is 0 Å². The second-order valence-corrected chi connectivity index (χ2v) is 10.8. The molecule has 7 nitrogen and oxygen atoms in total. The van der Waals surface area contributed by atoms with Gasteiger partial charge in [-0.15, -0.1) is 11.3 Å². The molecule has 1 aliphatic heterocycles. The first kappa shape index (κ1) is 21.5. The molecular weight excluding hydrogens is 434 g/mol. The van der Waals surface area contributed by atoms with Crippen molar-refractivity contribution in [2.75, 3.05) is 18.0 Å². The maximum atomic E-state index is 13.0. The number of rotatable bonds is 5. The fourth-order valence-corrected chi connectivity index (χ4v) is 6.65. The molecule has 1 saturated heterocycles. The van der Waals surface area contributed by atoms with Gasteiger partial charge in [-0.25, -0.2) is 13.4 Å². The van der Waals surface area contributed by atoms with Crippen LogP contribution in [0.2, 0.25) is 0 Å². The number of nitro benzene ring substituents is 1. The predicted octanol–water partition coefficient (Wildman–Crippen LogP) is 4.78. The van der Waals surface area contributed by atoms with Crippen LogP contribution >= 0.6 is 11.3 Å². The Hall–Kier alpha value is -2.78. The van der Waals surface area contributed by atoms with E-state index in [1.165, 1.54) is 35.4 Å². The maximum absolute atomic E-state index is 13.0. The number of aromatic nitrogens is 1. The van der Waals surface area contributed by atoms with Gasteiger partial charge in [-0.1, -0.05) is 18.2 Å². The lowest BCUT2D eigenvalue weighted by Crippen LogP contribution is -2.39. The number of nitro groups is 1. The van der Waals surface area contributed by atoms with Gasteiger partial charge in [0.2, 0.25) is 0 Å². The number of hydrogen-bond acceptors (Lipinski definition) is 7. The third-order valence-corrected chi connectivity index (χ3v) is 8.94. The van der Waals surface area contributed by atoms with Crippen LogP contribution in [0, 0.1) is 24.0 Å². The summed E-state index contributed by atoms with van der Waals surface area (Å²) in [5, 5.41) is 13.3. The molecule has 0 amide bonds. The van der Waals surface area contributed by atoms with Gasteiger partial charge >= 0.3 is 0 Å². The summed E-state index contributed by atoms with van der Waals surface area (Å²) in [5.74, 6) is 0. The highest BCUT2D eigenvalue weighted by Gasteiger charge is 2.32. The van der Waals surface area contributed by atoms with Crippen LogP contribution in [-0.4, -0.2) is 36.7 Å². The summed E-state index contributed by atoms with van der Waals surface area (Å²) in [6.07, 6.45) is 0.995. The minimum Gasteiger partial charge on any atom is -0.348 e. The van der Waals surface area contributed by atoms with Crippen LogP contribution in [0.1, 0.15) is 24.0 Å². The molecule has 4 rings (SSSR count). The summed E-state index contributed by atoms with van der Waals surface area (Å²) < 4.78 is 25.9. The smallest absolute Gasteiger partial charge is 0.269 e. The van der Waals surface area contributed by atoms with Gasteiger partial charge in [0.1, 0.15) is 0 Å². The number of sulfone groups is 1. The van der Waals surface area contributed by atoms with E-state index in [-0.39, 0.29) is 10.6 Å². The average Bonchev–Trinajstić information content (AvgIpc) is 3.23. The standard InChI is InChI=1S/C22H23N3O4S2/c1-15-4-3-5-16(2)21(15)20-14-30-22(23-20)24-12-10-19(11-13-24)31(28,29)18-8-6-17(7-9-18)25(26)27/h3-9,14,19H,10-13H2,1-2H3. The molecule has 1 fully saturated rings. The van der Waals surface area contributed by atoms with E-state index in [0.717, 1.165) is 16.4 Å². The normalized spacial score (nSPS) is 15.2. The van der Waals surface area contributed by atoms with Crippen molar-refractivity contribution in [3.05, 3.63) is 69.1 Å². The topological polar surface area (TPSA) is 93.4 Å². The van der Waals surface area contributed by atoms with E-state index < -0.39 is 20.0 Å². The van der Waals surface area contributed by atoms with Crippen LogP contribution in [0.25, 0.3) is 11.3 Å². The number of aryl methyl sites for hydroxylation is 2. The van der Waals surface area contributed by atoms with E-state index in [9.17, 15) is 18.5 Å². The van der Waals surface area contributed by atoms with Gasteiger partial charge < -0.3 is 4.90 Å². The molecule has 0 radical (unpaired) electrons. The van der Waals surface area contributed by atoms with Gasteiger partial charge in [0.25, 0.3) is 5.69 Å². The molecule has 0 bridgehead atoms. The zero-order chi connectivity index (χ0) is 22.2. The quantitative estimate of drug-likeness (QED) is 0.404. The molecule has 1 aliphatic rings. The number of thiazole rings is 1. The highest BCUT2D eigenvalue weighted by atomic mass is 32.2. The molecule has 0 spiro atoms. The van der Waals surface area contributed by atoms with Crippen LogP contribution in [0.15, 0.2) is 52.7 Å². The highest BCUT2D eigenvalue weighted by molar-refractivity contribution is 7.92. The SMILES string of the molecule is Cc1cccc(C)c1-c1csc(N2CCC(S(=O)(=O)c3ccc([N+](=O)[O-])cc3)CC2)n1. The summed E-state index contributed by atoms with van der Waals surface area (Å²) in [6.45, 7) is 5.37. The largest absolute Gasteiger partial charge is 0.348 e. The number of anilines is 1. The zero-order valence-corrected chi connectivity index (χ0v) is 18.9. The van der Waals surface area contributed by atoms with Crippen LogP contribution in [0.4, 0.5) is 10.8 Å². The van der Waals surface area contributed by atoms with Gasteiger partial charge in [-0.05, 0) is 49.9 Å². The molecule has 0 saturated carbocycles. The van der Waals surface area contributed by atoms with Crippen molar-refractivity contribution in [3.8, 4) is 11.3 Å². The fraction of sp³-hybridized carbons (Fsp3) is 0.318. The molecular formula is C22H23N3O4S2. The van der Waals surface area contributed by atoms with E-state index in [2.05, 4.69) is 36.3 Å². The molecule has 1 aromatic heterocycles. The molecule has 0 aliphatic carbocycles. The number of hydrogen-bond donors (Lipinski definition) is 0. The van der Waals surface area contributed by atoms with E-state index in [1.54, 1.807) is 11.3 Å². The van der Waals surface area contributed by atoms with Crippen LogP contribution in [0.5, 0.6) is 0 Å². The zero-order valence-electron chi connectivity index (χ0n) is 17.3. The van der Waals surface area contributed by atoms with Crippen molar-refractivity contribution >= 4 is 32.0 Å². The third kappa shape index (κ3) is 4.20. The second-order valence-electron chi connectivity index (χ2n) is 7.76. The first-order chi connectivity index (χ1) is 14.8. The number of benzene rings is 2. The van der Waals surface area contributed by atoms with E-state index >= 15 is 0 Å². The van der Waals surface area contributed by atoms with Crippen molar-refractivity contribution in [2.45, 2.75) is 36.8 Å². The first-order valence-electron chi connectivity index (χ1n) is 10.0. The van der Waals surface area contributed by atoms with Crippen LogP contribution in [-0.2, 0) is 9.84 Å². The van der Waals surface area contributed by atoms with Crippen molar-refractivity contribution in [2.24, 2.45) is 0 Å². The van der Waals surface area contributed by atoms with Gasteiger partial charge in [0.15, 0.2) is 15.0 Å². The molecule has 0 N–H and O–H groups in total. The van der Waals surface area contributed by atoms with Crippen molar-refractivity contribution in [1.82, 2.24) is 4.98 Å². The Kier molecular flexibility index (Phi) is 5.81. The minimum atomic E-state index is -3.53. The lowest BCUT2D eigenvalue weighted by molar-refractivity contribution is -0.384. The lowest BCUT2D eigenvalue weighted by Gasteiger charge is -2.31. The Morgan fingerprint density at radius 3 is 2.26 bits per heavy atom. The Morgan fingerprint density at radius 2 is 1.68 bits per heavy atom. The minimum absolute atomic E-state index is 0.114. The van der Waals surface area contributed by atoms with Crippen molar-refractivity contribution < 1.29 is 13.3 Å². The van der Waals surface area contributed by atoms with Crippen molar-refractivity contribution in [3.63, 3.8) is 0 Å². The lowest BCUT2D eigenvalue weighted by atomic mass is 10.0. The summed E-state index contributed by atoms with van der Waals surface area (Å²) >= 11 is 1.58. The molecule has 0 atom stereocenters. The summed E-state index contributed by atoms with van der Waals surface area (Å²) in [5.41, 5.74) is 4.36. The van der Waals surface area contributed by atoms with Crippen LogP contribution < -0.4 is 4.90 Å². The number of piperidine rings is 1. The highest BCUT2D eigenvalue weighted by Crippen LogP contribution is 2.34. The monoisotopic (exact) mass is 457 g/mol. The molecule has 162 valence electrons. The van der Waals surface area contributed by atoms with Gasteiger partial charge in [-0.2, -0.15) is 0 Å². The summed E-state index contributed by atoms with van der Waals surface area (Å²) in [4.78, 5) is 17.4. The maximum Gasteiger partial charge on any atom is 0.269 e. The Morgan fingerprint density at radius 1 is 1.06 bits per heavy atom. The molecule has 0 unspecified atom stereocenters. The van der Waals surface area contributed by atoms with E-state index in [0.29, 0.717) is 25.9 Å². The molecule has 2 aromatic carbocycles. The summed E-state index contributed by atoms with van der Waals surface area (Å²) in [7, 11) is -3.53. The molecule has 3 aromatic rings. The number of nitrogens with zero attached hydrogens (tertiary/aromatic N) is 3. The van der Waals surface area contributed by atoms with E-state index in [1.807, 2.05) is 6.07 Å². The Labute approximate surface area is 185 Å². The summed E-state index contributed by atoms with van der Waals surface area (Å²) in [6, 6.07) is 11.3. The van der Waals surface area contributed by atoms with Crippen molar-refractivity contribution in [1.29, 1.82) is 0 Å². The Balaban J connectivity index is 1.46. The van der Waals surface area contributed by atoms with Gasteiger partial charge in [-0.3, -0.25) is 10.1 Å². The second kappa shape index (κ2) is 8.39. The average molecular weight is 458 g/mol.